The lowest BCUT2D eigenvalue weighted by atomic mass is 9.93. The third-order valence-corrected chi connectivity index (χ3v) is 2.37. The Bertz CT molecular complexity index is 302. The lowest BCUT2D eigenvalue weighted by molar-refractivity contribution is 0.799. The van der Waals surface area contributed by atoms with E-state index in [1.54, 1.807) is 0 Å². The molecule has 2 rings (SSSR count). The molecule has 0 bridgehead atoms. The number of benzene rings is 1. The van der Waals surface area contributed by atoms with Crippen molar-refractivity contribution < 1.29 is 0 Å². The van der Waals surface area contributed by atoms with E-state index >= 15 is 0 Å². The first-order valence-electron chi connectivity index (χ1n) is 4.44. The summed E-state index contributed by atoms with van der Waals surface area (Å²) in [5, 5.41) is 3.25. The number of hydrogen-bond acceptors (Lipinski definition) is 1. The highest BCUT2D eigenvalue weighted by atomic mass is 14.9. The van der Waals surface area contributed by atoms with E-state index in [0.717, 1.165) is 0 Å². The van der Waals surface area contributed by atoms with Crippen LogP contribution in [-0.4, -0.2) is 0 Å². The van der Waals surface area contributed by atoms with Gasteiger partial charge in [0.2, 0.25) is 0 Å². The van der Waals surface area contributed by atoms with Crippen LogP contribution in [0.3, 0.4) is 0 Å². The molecular formula is C11H13N. The minimum absolute atomic E-state index is 0.599. The molecule has 0 aromatic heterocycles. The summed E-state index contributed by atoms with van der Waals surface area (Å²) in [5.41, 5.74) is 2.68. The summed E-state index contributed by atoms with van der Waals surface area (Å²) in [5.74, 6) is 0.599. The minimum Gasteiger partial charge on any atom is -0.362 e. The van der Waals surface area contributed by atoms with Crippen molar-refractivity contribution in [2.24, 2.45) is 0 Å². The number of nitrogens with one attached hydrogen (secondary N) is 1. The van der Waals surface area contributed by atoms with Gasteiger partial charge in [-0.1, -0.05) is 31.2 Å². The largest absolute Gasteiger partial charge is 0.362 e. The topological polar surface area (TPSA) is 12.0 Å². The van der Waals surface area contributed by atoms with Crippen molar-refractivity contribution >= 4 is 5.69 Å². The zero-order valence-electron chi connectivity index (χ0n) is 7.25. The van der Waals surface area contributed by atoms with Crippen molar-refractivity contribution in [2.75, 3.05) is 5.32 Å². The molecule has 0 saturated heterocycles. The summed E-state index contributed by atoms with van der Waals surface area (Å²) in [6, 6.07) is 8.49. The maximum atomic E-state index is 3.25. The monoisotopic (exact) mass is 159 g/mol. The van der Waals surface area contributed by atoms with E-state index < -0.39 is 0 Å². The summed E-state index contributed by atoms with van der Waals surface area (Å²) in [7, 11) is 0. The molecule has 62 valence electrons. The fraction of sp³-hybridized carbons (Fsp3) is 0.273. The van der Waals surface area contributed by atoms with Gasteiger partial charge < -0.3 is 5.32 Å². The number of rotatable bonds is 1. The van der Waals surface area contributed by atoms with E-state index in [1.165, 1.54) is 17.7 Å². The van der Waals surface area contributed by atoms with Crippen molar-refractivity contribution in [1.29, 1.82) is 0 Å². The van der Waals surface area contributed by atoms with Gasteiger partial charge in [0, 0.05) is 11.6 Å². The molecule has 0 saturated carbocycles. The highest BCUT2D eigenvalue weighted by Crippen LogP contribution is 2.30. The number of fused-ring (bicyclic) bond motifs is 1. The number of hydrogen-bond donors (Lipinski definition) is 1. The molecule has 1 aromatic carbocycles. The molecule has 1 aliphatic rings. The van der Waals surface area contributed by atoms with Crippen LogP contribution in [0, 0.1) is 0 Å². The van der Waals surface area contributed by atoms with Crippen LogP contribution in [0.25, 0.3) is 0 Å². The van der Waals surface area contributed by atoms with Crippen LogP contribution in [0.5, 0.6) is 0 Å². The second kappa shape index (κ2) is 3.02. The first kappa shape index (κ1) is 7.41. The van der Waals surface area contributed by atoms with Crippen molar-refractivity contribution in [3.05, 3.63) is 42.1 Å². The lowest BCUT2D eigenvalue weighted by Crippen LogP contribution is -2.04. The highest BCUT2D eigenvalue weighted by Gasteiger charge is 2.12. The van der Waals surface area contributed by atoms with E-state index in [-0.39, 0.29) is 0 Å². The summed E-state index contributed by atoms with van der Waals surface area (Å²) in [6.45, 7) is 2.22. The Labute approximate surface area is 73.1 Å². The molecule has 0 radical (unpaired) electrons. The van der Waals surface area contributed by atoms with Crippen LogP contribution >= 0.6 is 0 Å². The summed E-state index contributed by atoms with van der Waals surface area (Å²) in [4.78, 5) is 0. The van der Waals surface area contributed by atoms with Gasteiger partial charge in [0.05, 0.1) is 0 Å². The van der Waals surface area contributed by atoms with Crippen LogP contribution < -0.4 is 5.32 Å². The van der Waals surface area contributed by atoms with Crippen LogP contribution in [0.2, 0.25) is 0 Å². The molecule has 0 spiro atoms. The van der Waals surface area contributed by atoms with E-state index in [9.17, 15) is 0 Å². The molecule has 1 aromatic rings. The van der Waals surface area contributed by atoms with E-state index in [1.807, 2.05) is 6.20 Å². The molecule has 0 amide bonds. The SMILES string of the molecule is CCC1C=CNc2ccccc21. The highest BCUT2D eigenvalue weighted by molar-refractivity contribution is 5.58. The van der Waals surface area contributed by atoms with Gasteiger partial charge in [0.15, 0.2) is 0 Å². The number of anilines is 1. The van der Waals surface area contributed by atoms with Crippen LogP contribution in [0.4, 0.5) is 5.69 Å². The zero-order valence-corrected chi connectivity index (χ0v) is 7.25. The summed E-state index contributed by atoms with van der Waals surface area (Å²) >= 11 is 0. The van der Waals surface area contributed by atoms with E-state index in [4.69, 9.17) is 0 Å². The Morgan fingerprint density at radius 3 is 3.00 bits per heavy atom. The van der Waals surface area contributed by atoms with E-state index in [2.05, 4.69) is 42.6 Å². The smallest absolute Gasteiger partial charge is 0.0418 e. The van der Waals surface area contributed by atoms with Gasteiger partial charge in [0.1, 0.15) is 0 Å². The van der Waals surface area contributed by atoms with Gasteiger partial charge in [-0.15, -0.1) is 0 Å². The van der Waals surface area contributed by atoms with Crippen molar-refractivity contribution in [3.63, 3.8) is 0 Å². The molecule has 1 heteroatoms. The van der Waals surface area contributed by atoms with Crippen LogP contribution in [0.1, 0.15) is 24.8 Å². The van der Waals surface area contributed by atoms with Crippen LogP contribution in [0.15, 0.2) is 36.5 Å². The maximum Gasteiger partial charge on any atom is 0.0418 e. The average Bonchev–Trinajstić information content (AvgIpc) is 2.17. The molecular weight excluding hydrogens is 146 g/mol. The minimum atomic E-state index is 0.599. The molecule has 0 aliphatic carbocycles. The second-order valence-corrected chi connectivity index (χ2v) is 3.11. The third kappa shape index (κ3) is 1.11. The maximum absolute atomic E-state index is 3.25. The lowest BCUT2D eigenvalue weighted by Gasteiger charge is -2.19. The van der Waals surface area contributed by atoms with Gasteiger partial charge in [0.25, 0.3) is 0 Å². The summed E-state index contributed by atoms with van der Waals surface area (Å²) < 4.78 is 0. The van der Waals surface area contributed by atoms with Crippen molar-refractivity contribution in [2.45, 2.75) is 19.3 Å². The number of para-hydroxylation sites is 1. The van der Waals surface area contributed by atoms with Gasteiger partial charge in [-0.25, -0.2) is 0 Å². The fourth-order valence-corrected chi connectivity index (χ4v) is 1.67. The predicted octanol–water partition coefficient (Wildman–Crippen LogP) is 3.12. The molecule has 1 unspecified atom stereocenters. The van der Waals surface area contributed by atoms with Crippen LogP contribution in [-0.2, 0) is 0 Å². The van der Waals surface area contributed by atoms with Gasteiger partial charge in [-0.2, -0.15) is 0 Å². The molecule has 1 N–H and O–H groups in total. The Kier molecular flexibility index (Phi) is 1.86. The standard InChI is InChI=1S/C11H13N/c1-2-9-7-8-12-11-6-4-3-5-10(9)11/h3-9,12H,2H2,1H3. The molecule has 1 aliphatic heterocycles. The second-order valence-electron chi connectivity index (χ2n) is 3.11. The Morgan fingerprint density at radius 1 is 1.33 bits per heavy atom. The number of allylic oxidation sites excluding steroid dienone is 1. The predicted molar refractivity (Wildman–Crippen MR) is 52.2 cm³/mol. The third-order valence-electron chi connectivity index (χ3n) is 2.37. The Hall–Kier alpha value is -1.24. The van der Waals surface area contributed by atoms with Crippen molar-refractivity contribution in [1.82, 2.24) is 0 Å². The quantitative estimate of drug-likeness (QED) is 0.663. The normalized spacial score (nSPS) is 19.9. The zero-order chi connectivity index (χ0) is 8.39. The molecule has 12 heavy (non-hydrogen) atoms. The molecule has 1 heterocycles. The first-order valence-corrected chi connectivity index (χ1v) is 4.44. The summed E-state index contributed by atoms with van der Waals surface area (Å²) in [6.07, 6.45) is 5.44. The van der Waals surface area contributed by atoms with Gasteiger partial charge in [-0.3, -0.25) is 0 Å². The van der Waals surface area contributed by atoms with Crippen molar-refractivity contribution in [3.8, 4) is 0 Å². The molecule has 1 nitrogen and oxygen atoms in total. The Morgan fingerprint density at radius 2 is 2.17 bits per heavy atom. The van der Waals surface area contributed by atoms with E-state index in [0.29, 0.717) is 5.92 Å². The molecule has 1 atom stereocenters. The van der Waals surface area contributed by atoms with Gasteiger partial charge >= 0.3 is 0 Å². The van der Waals surface area contributed by atoms with Gasteiger partial charge in [-0.05, 0) is 24.3 Å². The Balaban J connectivity index is 2.43. The first-order chi connectivity index (χ1) is 5.92. The fourth-order valence-electron chi connectivity index (χ4n) is 1.67. The molecule has 0 fully saturated rings. The average molecular weight is 159 g/mol.